The summed E-state index contributed by atoms with van der Waals surface area (Å²) in [6, 6.07) is 10.6. The van der Waals surface area contributed by atoms with Gasteiger partial charge in [-0.15, -0.1) is 0 Å². The Hall–Kier alpha value is -2.01. The summed E-state index contributed by atoms with van der Waals surface area (Å²) in [5.41, 5.74) is 3.45. The predicted octanol–water partition coefficient (Wildman–Crippen LogP) is 3.02. The number of benzene rings is 2. The molecule has 0 aliphatic carbocycles. The molecule has 0 atom stereocenters. The number of phenolic OH excluding ortho intramolecular Hbond substituents is 1. The van der Waals surface area contributed by atoms with Crippen LogP contribution in [0.4, 0.5) is 5.69 Å². The number of hydrogen-bond donors (Lipinski definition) is 2. The Balaban J connectivity index is 2.17. The zero-order chi connectivity index (χ0) is 15.6. The molecule has 2 aromatic carbocycles. The topological polar surface area (TPSA) is 66.4 Å². The second-order valence-electron chi connectivity index (χ2n) is 5.23. The molecule has 0 saturated carbocycles. The van der Waals surface area contributed by atoms with Crippen LogP contribution in [0.25, 0.3) is 0 Å². The van der Waals surface area contributed by atoms with E-state index in [2.05, 4.69) is 5.32 Å². The van der Waals surface area contributed by atoms with E-state index >= 15 is 0 Å². The second kappa shape index (κ2) is 5.77. The van der Waals surface area contributed by atoms with Gasteiger partial charge in [0.05, 0.1) is 4.90 Å². The van der Waals surface area contributed by atoms with E-state index in [0.717, 1.165) is 22.4 Å². The zero-order valence-electron chi connectivity index (χ0n) is 12.3. The van der Waals surface area contributed by atoms with Crippen LogP contribution in [0, 0.1) is 13.8 Å². The van der Waals surface area contributed by atoms with Crippen molar-refractivity contribution in [2.24, 2.45) is 0 Å². The van der Waals surface area contributed by atoms with Gasteiger partial charge < -0.3 is 10.4 Å². The van der Waals surface area contributed by atoms with Gasteiger partial charge in [-0.05, 0) is 48.7 Å². The number of rotatable bonds is 4. The van der Waals surface area contributed by atoms with Gasteiger partial charge in [-0.2, -0.15) is 0 Å². The summed E-state index contributed by atoms with van der Waals surface area (Å²) < 4.78 is 23.1. The molecule has 0 fully saturated rings. The summed E-state index contributed by atoms with van der Waals surface area (Å²) in [6.07, 6.45) is 1.19. The number of anilines is 1. The van der Waals surface area contributed by atoms with Crippen molar-refractivity contribution in [1.29, 1.82) is 0 Å². The lowest BCUT2D eigenvalue weighted by molar-refractivity contribution is 0.466. The van der Waals surface area contributed by atoms with Gasteiger partial charge in [0, 0.05) is 18.5 Å². The maximum absolute atomic E-state index is 11.5. The maximum Gasteiger partial charge on any atom is 0.175 e. The van der Waals surface area contributed by atoms with Gasteiger partial charge in [0.25, 0.3) is 0 Å². The Labute approximate surface area is 125 Å². The molecule has 0 saturated heterocycles. The van der Waals surface area contributed by atoms with Crippen LogP contribution < -0.4 is 5.32 Å². The number of phenols is 1. The predicted molar refractivity (Wildman–Crippen MR) is 84.5 cm³/mol. The fraction of sp³-hybridized carbons (Fsp3) is 0.250. The van der Waals surface area contributed by atoms with Gasteiger partial charge in [-0.3, -0.25) is 0 Å². The number of aryl methyl sites for hydroxylation is 2. The Bertz CT molecular complexity index is 744. The molecular weight excluding hydrogens is 286 g/mol. The lowest BCUT2D eigenvalue weighted by atomic mass is 10.1. The van der Waals surface area contributed by atoms with Crippen LogP contribution in [0.3, 0.4) is 0 Å². The third kappa shape index (κ3) is 3.76. The molecule has 0 bridgehead atoms. The zero-order valence-corrected chi connectivity index (χ0v) is 13.2. The van der Waals surface area contributed by atoms with E-state index in [9.17, 15) is 13.5 Å². The van der Waals surface area contributed by atoms with E-state index in [1.54, 1.807) is 18.2 Å². The Morgan fingerprint density at radius 3 is 2.29 bits per heavy atom. The minimum Gasteiger partial charge on any atom is -0.507 e. The summed E-state index contributed by atoms with van der Waals surface area (Å²) >= 11 is 0. The lowest BCUT2D eigenvalue weighted by Crippen LogP contribution is -2.02. The van der Waals surface area contributed by atoms with E-state index in [-0.39, 0.29) is 0 Å². The first-order valence-electron chi connectivity index (χ1n) is 6.60. The molecule has 0 amide bonds. The molecule has 4 nitrogen and oxygen atoms in total. The molecule has 21 heavy (non-hydrogen) atoms. The molecule has 0 radical (unpaired) electrons. The van der Waals surface area contributed by atoms with Crippen LogP contribution in [-0.2, 0) is 16.4 Å². The molecule has 2 aromatic rings. The van der Waals surface area contributed by atoms with Crippen LogP contribution in [0.1, 0.15) is 16.7 Å². The first-order chi connectivity index (χ1) is 9.77. The summed E-state index contributed by atoms with van der Waals surface area (Å²) in [6.45, 7) is 4.28. The summed E-state index contributed by atoms with van der Waals surface area (Å²) in [7, 11) is -3.20. The van der Waals surface area contributed by atoms with Crippen LogP contribution >= 0.6 is 0 Å². The quantitative estimate of drug-likeness (QED) is 0.911. The Morgan fingerprint density at radius 1 is 1.10 bits per heavy atom. The highest BCUT2D eigenvalue weighted by Gasteiger charge is 2.07. The summed E-state index contributed by atoms with van der Waals surface area (Å²) in [4.78, 5) is 0.297. The van der Waals surface area contributed by atoms with Crippen molar-refractivity contribution < 1.29 is 13.5 Å². The largest absolute Gasteiger partial charge is 0.507 e. The highest BCUT2D eigenvalue weighted by atomic mass is 32.2. The third-order valence-electron chi connectivity index (χ3n) is 3.31. The van der Waals surface area contributed by atoms with Crippen molar-refractivity contribution >= 4 is 15.5 Å². The molecular formula is C16H19NO3S. The molecule has 0 spiro atoms. The molecule has 0 aliphatic rings. The minimum atomic E-state index is -3.20. The summed E-state index contributed by atoms with van der Waals surface area (Å²) in [5, 5.41) is 13.0. The van der Waals surface area contributed by atoms with E-state index in [1.165, 1.54) is 6.26 Å². The molecule has 2 rings (SSSR count). The number of sulfone groups is 1. The average Bonchev–Trinajstić information content (AvgIpc) is 2.42. The van der Waals surface area contributed by atoms with Crippen molar-refractivity contribution in [3.63, 3.8) is 0 Å². The Morgan fingerprint density at radius 2 is 1.71 bits per heavy atom. The Kier molecular flexibility index (Phi) is 4.23. The molecule has 0 aliphatic heterocycles. The monoisotopic (exact) mass is 305 g/mol. The molecule has 0 heterocycles. The maximum atomic E-state index is 11.5. The average molecular weight is 305 g/mol. The smallest absolute Gasteiger partial charge is 0.175 e. The minimum absolute atomic E-state index is 0.297. The normalized spacial score (nSPS) is 11.4. The molecule has 0 unspecified atom stereocenters. The third-order valence-corrected chi connectivity index (χ3v) is 4.42. The highest BCUT2D eigenvalue weighted by molar-refractivity contribution is 7.90. The van der Waals surface area contributed by atoms with Crippen LogP contribution in [0.2, 0.25) is 0 Å². The van der Waals surface area contributed by atoms with Crippen LogP contribution in [0.5, 0.6) is 5.75 Å². The van der Waals surface area contributed by atoms with Gasteiger partial charge in [0.1, 0.15) is 5.75 Å². The fourth-order valence-electron chi connectivity index (χ4n) is 2.19. The lowest BCUT2D eigenvalue weighted by Gasteiger charge is -2.11. The van der Waals surface area contributed by atoms with E-state index in [4.69, 9.17) is 0 Å². The molecule has 0 aromatic heterocycles. The van der Waals surface area contributed by atoms with Gasteiger partial charge in [-0.25, -0.2) is 8.42 Å². The van der Waals surface area contributed by atoms with E-state index in [0.29, 0.717) is 17.2 Å². The first-order valence-corrected chi connectivity index (χ1v) is 8.49. The number of aromatic hydroxyl groups is 1. The second-order valence-corrected chi connectivity index (χ2v) is 7.25. The van der Waals surface area contributed by atoms with Crippen molar-refractivity contribution in [1.82, 2.24) is 0 Å². The van der Waals surface area contributed by atoms with Crippen molar-refractivity contribution in [2.45, 2.75) is 25.3 Å². The van der Waals surface area contributed by atoms with Crippen LogP contribution in [-0.4, -0.2) is 19.8 Å². The molecule has 112 valence electrons. The van der Waals surface area contributed by atoms with Gasteiger partial charge in [0.2, 0.25) is 0 Å². The summed E-state index contributed by atoms with van der Waals surface area (Å²) in [5.74, 6) is 0.317. The number of nitrogens with one attached hydrogen (secondary N) is 1. The van der Waals surface area contributed by atoms with Crippen molar-refractivity contribution in [2.75, 3.05) is 11.6 Å². The number of hydrogen-bond acceptors (Lipinski definition) is 4. The van der Waals surface area contributed by atoms with Gasteiger partial charge in [0.15, 0.2) is 9.84 Å². The van der Waals surface area contributed by atoms with Crippen molar-refractivity contribution in [3.8, 4) is 5.75 Å². The van der Waals surface area contributed by atoms with Crippen molar-refractivity contribution in [3.05, 3.63) is 53.1 Å². The SMILES string of the molecule is Cc1cc(CNc2cccc(S(C)(=O)=O)c2)cc(C)c1O. The van der Waals surface area contributed by atoms with Gasteiger partial charge in [-0.1, -0.05) is 18.2 Å². The van der Waals surface area contributed by atoms with Crippen LogP contribution in [0.15, 0.2) is 41.3 Å². The van der Waals surface area contributed by atoms with E-state index in [1.807, 2.05) is 32.0 Å². The molecule has 5 heteroatoms. The highest BCUT2D eigenvalue weighted by Crippen LogP contribution is 2.23. The fourth-order valence-corrected chi connectivity index (χ4v) is 2.86. The first kappa shape index (κ1) is 15.4. The molecule has 2 N–H and O–H groups in total. The van der Waals surface area contributed by atoms with E-state index < -0.39 is 9.84 Å². The van der Waals surface area contributed by atoms with Gasteiger partial charge >= 0.3 is 0 Å². The standard InChI is InChI=1S/C16H19NO3S/c1-11-7-13(8-12(2)16(11)18)10-17-14-5-4-6-15(9-14)21(3,19)20/h4-9,17-18H,10H2,1-3H3.